The van der Waals surface area contributed by atoms with E-state index in [4.69, 9.17) is 15.2 Å². The summed E-state index contributed by atoms with van der Waals surface area (Å²) in [6.45, 7) is 1.58. The van der Waals surface area contributed by atoms with Gasteiger partial charge in [0.25, 0.3) is 5.91 Å². The van der Waals surface area contributed by atoms with Gasteiger partial charge in [-0.15, -0.1) is 22.7 Å². The molecule has 0 aromatic carbocycles. The first-order valence-corrected chi connectivity index (χ1v) is 8.70. The van der Waals surface area contributed by atoms with Crippen molar-refractivity contribution in [2.45, 2.75) is 13.5 Å². The second kappa shape index (κ2) is 7.93. The summed E-state index contributed by atoms with van der Waals surface area (Å²) in [6, 6.07) is 3.35. The van der Waals surface area contributed by atoms with Crippen LogP contribution in [0.15, 0.2) is 17.5 Å². The Morgan fingerprint density at radius 3 is 2.58 bits per heavy atom. The number of thiophene rings is 2. The largest absolute Gasteiger partial charge is 0.462 e. The minimum atomic E-state index is -0.649. The van der Waals surface area contributed by atoms with Gasteiger partial charge in [0.2, 0.25) is 0 Å². The number of nitrogens with one attached hydrogen (secondary N) is 1. The molecule has 0 spiro atoms. The molecule has 0 fully saturated rings. The number of esters is 2. The standard InChI is InChI=1S/C15H16N2O5S2/c1-3-21-15(20)10-8(11(13(18)17-2)24-12(10)16)7-22-14(19)9-5-4-6-23-9/h4-6H,3,7,16H2,1-2H3,(H,17,18). The van der Waals surface area contributed by atoms with Crippen LogP contribution in [-0.2, 0) is 16.1 Å². The first-order valence-electron chi connectivity index (χ1n) is 7.00. The molecule has 2 aromatic rings. The van der Waals surface area contributed by atoms with Crippen LogP contribution in [0.3, 0.4) is 0 Å². The molecule has 2 rings (SSSR count). The minimum Gasteiger partial charge on any atom is -0.462 e. The Morgan fingerprint density at radius 1 is 1.25 bits per heavy atom. The normalized spacial score (nSPS) is 10.2. The van der Waals surface area contributed by atoms with E-state index < -0.39 is 17.8 Å². The maximum Gasteiger partial charge on any atom is 0.348 e. The van der Waals surface area contributed by atoms with Crippen molar-refractivity contribution in [3.63, 3.8) is 0 Å². The lowest BCUT2D eigenvalue weighted by molar-refractivity contribution is 0.0454. The molecule has 0 atom stereocenters. The third-order valence-corrected chi connectivity index (χ3v) is 4.93. The molecule has 128 valence electrons. The van der Waals surface area contributed by atoms with Crippen molar-refractivity contribution >= 4 is 45.5 Å². The quantitative estimate of drug-likeness (QED) is 0.758. The molecule has 0 aliphatic heterocycles. The first kappa shape index (κ1) is 18.0. The highest BCUT2D eigenvalue weighted by Gasteiger charge is 2.27. The molecule has 0 bridgehead atoms. The van der Waals surface area contributed by atoms with Crippen molar-refractivity contribution in [1.82, 2.24) is 5.32 Å². The second-order valence-corrected chi connectivity index (χ2v) is 6.50. The molecule has 0 radical (unpaired) electrons. The van der Waals surface area contributed by atoms with E-state index in [1.807, 2.05) is 0 Å². The number of nitrogens with two attached hydrogens (primary N) is 1. The van der Waals surface area contributed by atoms with Gasteiger partial charge < -0.3 is 20.5 Å². The van der Waals surface area contributed by atoms with Crippen LogP contribution >= 0.6 is 22.7 Å². The Bertz CT molecular complexity index is 752. The zero-order valence-corrected chi connectivity index (χ0v) is 14.7. The highest BCUT2D eigenvalue weighted by atomic mass is 32.1. The van der Waals surface area contributed by atoms with Crippen LogP contribution in [0.2, 0.25) is 0 Å². The van der Waals surface area contributed by atoms with Crippen molar-refractivity contribution in [2.75, 3.05) is 19.4 Å². The van der Waals surface area contributed by atoms with Gasteiger partial charge in [0.05, 0.1) is 6.61 Å². The molecule has 0 saturated carbocycles. The number of hydrogen-bond donors (Lipinski definition) is 2. The van der Waals surface area contributed by atoms with Gasteiger partial charge in [0.1, 0.15) is 26.9 Å². The molecule has 9 heteroatoms. The van der Waals surface area contributed by atoms with Crippen LogP contribution in [0.25, 0.3) is 0 Å². The highest BCUT2D eigenvalue weighted by molar-refractivity contribution is 7.18. The topological polar surface area (TPSA) is 108 Å². The van der Waals surface area contributed by atoms with Crippen molar-refractivity contribution < 1.29 is 23.9 Å². The van der Waals surface area contributed by atoms with Gasteiger partial charge in [0, 0.05) is 12.6 Å². The highest BCUT2D eigenvalue weighted by Crippen LogP contribution is 2.32. The molecule has 2 aromatic heterocycles. The van der Waals surface area contributed by atoms with E-state index in [0.29, 0.717) is 4.88 Å². The summed E-state index contributed by atoms with van der Waals surface area (Å²) >= 11 is 2.19. The van der Waals surface area contributed by atoms with Gasteiger partial charge in [-0.05, 0) is 18.4 Å². The maximum absolute atomic E-state index is 12.1. The summed E-state index contributed by atoms with van der Waals surface area (Å²) in [5.74, 6) is -1.60. The summed E-state index contributed by atoms with van der Waals surface area (Å²) in [7, 11) is 1.46. The number of rotatable bonds is 6. The summed E-state index contributed by atoms with van der Waals surface area (Å²) in [4.78, 5) is 36.8. The zero-order valence-electron chi connectivity index (χ0n) is 13.1. The average molecular weight is 368 g/mol. The Balaban J connectivity index is 2.32. The molecular weight excluding hydrogens is 352 g/mol. The Kier molecular flexibility index (Phi) is 5.93. The minimum absolute atomic E-state index is 0.0689. The van der Waals surface area contributed by atoms with Crippen LogP contribution in [0.4, 0.5) is 5.00 Å². The van der Waals surface area contributed by atoms with E-state index in [0.717, 1.165) is 11.3 Å². The van der Waals surface area contributed by atoms with Crippen LogP contribution < -0.4 is 11.1 Å². The monoisotopic (exact) mass is 368 g/mol. The van der Waals surface area contributed by atoms with E-state index in [1.54, 1.807) is 24.4 Å². The number of ether oxygens (including phenoxy) is 2. The lowest BCUT2D eigenvalue weighted by atomic mass is 10.1. The van der Waals surface area contributed by atoms with Crippen molar-refractivity contribution in [2.24, 2.45) is 0 Å². The summed E-state index contributed by atoms with van der Waals surface area (Å²) in [5, 5.41) is 4.37. The van der Waals surface area contributed by atoms with E-state index in [-0.39, 0.29) is 34.2 Å². The van der Waals surface area contributed by atoms with Crippen molar-refractivity contribution in [1.29, 1.82) is 0 Å². The van der Waals surface area contributed by atoms with Gasteiger partial charge >= 0.3 is 11.9 Å². The van der Waals surface area contributed by atoms with Crippen LogP contribution in [0.5, 0.6) is 0 Å². The predicted octanol–water partition coefficient (Wildman–Crippen LogP) is 2.29. The summed E-state index contributed by atoms with van der Waals surface area (Å²) in [5.41, 5.74) is 6.19. The Hall–Kier alpha value is -2.39. The fraction of sp³-hybridized carbons (Fsp3) is 0.267. The van der Waals surface area contributed by atoms with E-state index in [9.17, 15) is 14.4 Å². The predicted molar refractivity (Wildman–Crippen MR) is 91.5 cm³/mol. The van der Waals surface area contributed by atoms with E-state index in [1.165, 1.54) is 18.4 Å². The van der Waals surface area contributed by atoms with Crippen molar-refractivity contribution in [3.8, 4) is 0 Å². The number of anilines is 1. The van der Waals surface area contributed by atoms with Gasteiger partial charge in [0.15, 0.2) is 0 Å². The van der Waals surface area contributed by atoms with Crippen LogP contribution in [-0.4, -0.2) is 31.5 Å². The molecule has 2 heterocycles. The van der Waals surface area contributed by atoms with E-state index >= 15 is 0 Å². The third kappa shape index (κ3) is 3.74. The number of amides is 1. The molecule has 1 amide bonds. The molecule has 0 saturated heterocycles. The van der Waals surface area contributed by atoms with Gasteiger partial charge in [-0.25, -0.2) is 9.59 Å². The van der Waals surface area contributed by atoms with Gasteiger partial charge in [-0.2, -0.15) is 0 Å². The number of hydrogen-bond acceptors (Lipinski definition) is 8. The number of carbonyl (C=O) groups excluding carboxylic acids is 3. The summed E-state index contributed by atoms with van der Waals surface area (Å²) < 4.78 is 10.2. The molecular formula is C15H16N2O5S2. The Labute approximate surface area is 146 Å². The first-order chi connectivity index (χ1) is 11.5. The lowest BCUT2D eigenvalue weighted by Crippen LogP contribution is -2.19. The smallest absolute Gasteiger partial charge is 0.348 e. The number of carbonyl (C=O) groups is 3. The Morgan fingerprint density at radius 2 is 2.00 bits per heavy atom. The van der Waals surface area contributed by atoms with E-state index in [2.05, 4.69) is 5.32 Å². The third-order valence-electron chi connectivity index (χ3n) is 3.02. The molecule has 0 aliphatic carbocycles. The fourth-order valence-electron chi connectivity index (χ4n) is 1.95. The van der Waals surface area contributed by atoms with Gasteiger partial charge in [-0.3, -0.25) is 4.79 Å². The summed E-state index contributed by atoms with van der Waals surface area (Å²) in [6.07, 6.45) is 0. The molecule has 0 unspecified atom stereocenters. The second-order valence-electron chi connectivity index (χ2n) is 4.50. The fourth-order valence-corrected chi connectivity index (χ4v) is 3.57. The van der Waals surface area contributed by atoms with Crippen LogP contribution in [0, 0.1) is 0 Å². The molecule has 3 N–H and O–H groups in total. The molecule has 7 nitrogen and oxygen atoms in total. The zero-order chi connectivity index (χ0) is 17.7. The molecule has 0 aliphatic rings. The SMILES string of the molecule is CCOC(=O)c1c(N)sc(C(=O)NC)c1COC(=O)c1cccs1. The average Bonchev–Trinajstić information content (AvgIpc) is 3.20. The van der Waals surface area contributed by atoms with Crippen molar-refractivity contribution in [3.05, 3.63) is 38.4 Å². The number of nitrogen functional groups attached to an aromatic ring is 1. The lowest BCUT2D eigenvalue weighted by Gasteiger charge is -2.08. The molecule has 24 heavy (non-hydrogen) atoms. The maximum atomic E-state index is 12.1. The van der Waals surface area contributed by atoms with Gasteiger partial charge in [-0.1, -0.05) is 6.07 Å². The van der Waals surface area contributed by atoms with Crippen LogP contribution in [0.1, 0.15) is 42.2 Å².